The number of hydrogen-bond donors (Lipinski definition) is 1. The largest absolute Gasteiger partial charge is 0.346 e. The van der Waals surface area contributed by atoms with Gasteiger partial charge in [0.15, 0.2) is 0 Å². The van der Waals surface area contributed by atoms with E-state index in [1.165, 1.54) is 18.1 Å². The fourth-order valence-corrected chi connectivity index (χ4v) is 2.26. The van der Waals surface area contributed by atoms with E-state index in [1.807, 2.05) is 12.1 Å². The second-order valence-corrected chi connectivity index (χ2v) is 5.79. The van der Waals surface area contributed by atoms with Crippen LogP contribution < -0.4 is 5.32 Å². The molecule has 1 N–H and O–H groups in total. The molecule has 1 rings (SSSR count). The first kappa shape index (κ1) is 17.2. The molecule has 3 nitrogen and oxygen atoms in total. The van der Waals surface area contributed by atoms with Crippen molar-refractivity contribution >= 4 is 12.2 Å². The summed E-state index contributed by atoms with van der Waals surface area (Å²) in [5.41, 5.74) is 3.56. The van der Waals surface area contributed by atoms with Crippen molar-refractivity contribution < 1.29 is 9.59 Å². The van der Waals surface area contributed by atoms with E-state index in [9.17, 15) is 9.59 Å². The lowest BCUT2D eigenvalue weighted by Crippen LogP contribution is -2.35. The van der Waals surface area contributed by atoms with E-state index in [0.29, 0.717) is 12.3 Å². The minimum Gasteiger partial charge on any atom is -0.346 e. The van der Waals surface area contributed by atoms with E-state index < -0.39 is 6.04 Å². The van der Waals surface area contributed by atoms with E-state index in [2.05, 4.69) is 37.9 Å². The molecular formula is C18H25NO2. The third kappa shape index (κ3) is 6.39. The average Bonchev–Trinajstić information content (AvgIpc) is 2.44. The number of aldehydes is 1. The lowest BCUT2D eigenvalue weighted by atomic mass is 9.93. The third-order valence-electron chi connectivity index (χ3n) is 3.56. The van der Waals surface area contributed by atoms with Crippen LogP contribution in [0.1, 0.15) is 50.7 Å². The summed E-state index contributed by atoms with van der Waals surface area (Å²) in [5, 5.41) is 2.63. The van der Waals surface area contributed by atoms with Crippen molar-refractivity contribution in [1.29, 1.82) is 0 Å². The first-order chi connectivity index (χ1) is 9.92. The smallest absolute Gasteiger partial charge is 0.217 e. The Balaban J connectivity index is 2.62. The number of nitrogens with one attached hydrogen (secondary N) is 1. The Labute approximate surface area is 127 Å². The summed E-state index contributed by atoms with van der Waals surface area (Å²) >= 11 is 0. The minimum atomic E-state index is -0.450. The highest BCUT2D eigenvalue weighted by Gasteiger charge is 2.10. The molecule has 3 heteroatoms. The van der Waals surface area contributed by atoms with Crippen LogP contribution in [0.4, 0.5) is 0 Å². The van der Waals surface area contributed by atoms with Gasteiger partial charge in [0.1, 0.15) is 6.29 Å². The van der Waals surface area contributed by atoms with Crippen LogP contribution in [0.15, 0.2) is 36.4 Å². The van der Waals surface area contributed by atoms with Crippen molar-refractivity contribution in [3.05, 3.63) is 47.5 Å². The predicted molar refractivity (Wildman–Crippen MR) is 86.3 cm³/mol. The molecule has 1 amide bonds. The summed E-state index contributed by atoms with van der Waals surface area (Å²) in [7, 11) is 0. The zero-order valence-corrected chi connectivity index (χ0v) is 13.2. The van der Waals surface area contributed by atoms with Gasteiger partial charge < -0.3 is 10.1 Å². The van der Waals surface area contributed by atoms with Gasteiger partial charge in [-0.25, -0.2) is 0 Å². The predicted octanol–water partition coefficient (Wildman–Crippen LogP) is 3.39. The van der Waals surface area contributed by atoms with Crippen LogP contribution in [0.2, 0.25) is 0 Å². The molecule has 21 heavy (non-hydrogen) atoms. The first-order valence-corrected chi connectivity index (χ1v) is 7.38. The number of amides is 1. The maximum absolute atomic E-state index is 11.0. The van der Waals surface area contributed by atoms with Crippen LogP contribution in [0.25, 0.3) is 0 Å². The molecule has 0 saturated heterocycles. The Morgan fingerprint density at radius 3 is 2.38 bits per heavy atom. The molecule has 1 aromatic carbocycles. The van der Waals surface area contributed by atoms with Crippen molar-refractivity contribution in [2.24, 2.45) is 0 Å². The highest BCUT2D eigenvalue weighted by Crippen LogP contribution is 2.22. The molecule has 0 spiro atoms. The molecule has 0 heterocycles. The van der Waals surface area contributed by atoms with Gasteiger partial charge in [-0.1, -0.05) is 36.8 Å². The third-order valence-corrected chi connectivity index (χ3v) is 3.56. The van der Waals surface area contributed by atoms with E-state index in [-0.39, 0.29) is 5.91 Å². The second-order valence-electron chi connectivity index (χ2n) is 5.79. The number of allylic oxidation sites excluding steroid dienone is 1. The van der Waals surface area contributed by atoms with Crippen molar-refractivity contribution in [3.8, 4) is 0 Å². The van der Waals surface area contributed by atoms with Gasteiger partial charge in [0.2, 0.25) is 5.91 Å². The van der Waals surface area contributed by atoms with Gasteiger partial charge in [-0.05, 0) is 43.2 Å². The summed E-state index contributed by atoms with van der Waals surface area (Å²) in [5.74, 6) is 0.310. The quantitative estimate of drug-likeness (QED) is 0.588. The topological polar surface area (TPSA) is 46.2 Å². The second kappa shape index (κ2) is 8.40. The van der Waals surface area contributed by atoms with Crippen LogP contribution in [-0.4, -0.2) is 18.2 Å². The lowest BCUT2D eigenvalue weighted by molar-refractivity contribution is -0.122. The molecule has 0 bridgehead atoms. The van der Waals surface area contributed by atoms with Crippen LogP contribution in [-0.2, 0) is 16.0 Å². The molecule has 1 aromatic rings. The normalized spacial score (nSPS) is 13.3. The summed E-state index contributed by atoms with van der Waals surface area (Å²) < 4.78 is 0. The Bertz CT molecular complexity index is 490. The molecule has 0 aliphatic heterocycles. The Kier molecular flexibility index (Phi) is 6.86. The molecule has 114 valence electrons. The van der Waals surface area contributed by atoms with E-state index in [4.69, 9.17) is 0 Å². The number of rotatable bonds is 8. The zero-order valence-electron chi connectivity index (χ0n) is 13.2. The molecule has 0 aliphatic carbocycles. The van der Waals surface area contributed by atoms with Crippen molar-refractivity contribution in [2.45, 2.75) is 52.0 Å². The molecule has 0 fully saturated rings. The minimum absolute atomic E-state index is 0.183. The number of carbonyl (C=O) groups excluding carboxylic acids is 2. The summed E-state index contributed by atoms with van der Waals surface area (Å²) in [6.45, 7) is 9.62. The Morgan fingerprint density at radius 2 is 1.90 bits per heavy atom. The number of carbonyl (C=O) groups is 2. The van der Waals surface area contributed by atoms with Gasteiger partial charge in [-0.15, -0.1) is 6.58 Å². The van der Waals surface area contributed by atoms with Gasteiger partial charge in [0.25, 0.3) is 0 Å². The van der Waals surface area contributed by atoms with Gasteiger partial charge in [0.05, 0.1) is 6.04 Å². The first-order valence-electron chi connectivity index (χ1n) is 7.38. The maximum Gasteiger partial charge on any atom is 0.217 e. The van der Waals surface area contributed by atoms with Crippen LogP contribution >= 0.6 is 0 Å². The molecule has 0 radical (unpaired) electrons. The van der Waals surface area contributed by atoms with Gasteiger partial charge in [-0.3, -0.25) is 4.79 Å². The molecule has 2 atom stereocenters. The monoisotopic (exact) mass is 287 g/mol. The molecule has 0 aromatic heterocycles. The fourth-order valence-electron chi connectivity index (χ4n) is 2.26. The van der Waals surface area contributed by atoms with Crippen molar-refractivity contribution in [2.75, 3.05) is 0 Å². The average molecular weight is 287 g/mol. The highest BCUT2D eigenvalue weighted by atomic mass is 16.2. The fraction of sp³-hybridized carbons (Fsp3) is 0.444. The van der Waals surface area contributed by atoms with E-state index >= 15 is 0 Å². The molecule has 0 saturated carbocycles. The van der Waals surface area contributed by atoms with Crippen molar-refractivity contribution in [1.82, 2.24) is 5.32 Å². The van der Waals surface area contributed by atoms with Crippen LogP contribution in [0.5, 0.6) is 0 Å². The van der Waals surface area contributed by atoms with E-state index in [1.54, 1.807) is 0 Å². The summed E-state index contributed by atoms with van der Waals surface area (Å²) in [4.78, 5) is 21.9. The highest BCUT2D eigenvalue weighted by molar-refractivity contribution is 5.77. The Morgan fingerprint density at radius 1 is 1.29 bits per heavy atom. The van der Waals surface area contributed by atoms with Crippen LogP contribution in [0.3, 0.4) is 0 Å². The van der Waals surface area contributed by atoms with Crippen LogP contribution in [0, 0.1) is 0 Å². The number of benzene rings is 1. The standard InChI is InChI=1S/C18H25NO2/c1-13(2)5-6-14(3)17-9-7-16(8-10-17)11-18(12-20)19-15(4)21/h7-10,12,14,18H,1,5-6,11H2,2-4H3,(H,19,21). The molecule has 0 aliphatic rings. The summed E-state index contributed by atoms with van der Waals surface area (Å²) in [6.07, 6.45) is 3.45. The lowest BCUT2D eigenvalue weighted by Gasteiger charge is -2.14. The molecule has 2 unspecified atom stereocenters. The van der Waals surface area contributed by atoms with Gasteiger partial charge in [-0.2, -0.15) is 0 Å². The SMILES string of the molecule is C=C(C)CCC(C)c1ccc(CC(C=O)NC(C)=O)cc1. The van der Waals surface area contributed by atoms with Crippen molar-refractivity contribution in [3.63, 3.8) is 0 Å². The van der Waals surface area contributed by atoms with Gasteiger partial charge in [0, 0.05) is 6.92 Å². The number of hydrogen-bond acceptors (Lipinski definition) is 2. The van der Waals surface area contributed by atoms with Gasteiger partial charge >= 0.3 is 0 Å². The molecular weight excluding hydrogens is 262 g/mol. The van der Waals surface area contributed by atoms with E-state index in [0.717, 1.165) is 24.7 Å². The zero-order chi connectivity index (χ0) is 15.8. The summed E-state index contributed by atoms with van der Waals surface area (Å²) in [6, 6.07) is 7.83. The maximum atomic E-state index is 11.0. The Hall–Kier alpha value is -1.90.